The van der Waals surface area contributed by atoms with Crippen LogP contribution in [0.15, 0.2) is 52.4 Å². The lowest BCUT2D eigenvalue weighted by atomic mass is 10.3. The highest BCUT2D eigenvalue weighted by Crippen LogP contribution is 2.15. The van der Waals surface area contributed by atoms with Gasteiger partial charge in [0.1, 0.15) is 0 Å². The summed E-state index contributed by atoms with van der Waals surface area (Å²) < 4.78 is 0.979. The molecule has 1 amide bonds. The largest absolute Gasteiger partial charge is 0.325 e. The van der Waals surface area contributed by atoms with Crippen LogP contribution in [0.2, 0.25) is 0 Å². The molecule has 0 unspecified atom stereocenters. The van der Waals surface area contributed by atoms with Gasteiger partial charge in [-0.05, 0) is 30.3 Å². The van der Waals surface area contributed by atoms with Gasteiger partial charge in [-0.2, -0.15) is 0 Å². The number of carbonyl (C=O) groups is 1. The van der Waals surface area contributed by atoms with Crippen LogP contribution in [0.4, 0.5) is 5.69 Å². The summed E-state index contributed by atoms with van der Waals surface area (Å²) >= 11 is 4.65. The molecule has 0 aliphatic heterocycles. The number of hydrogen-bond acceptors (Lipinski definition) is 4. The van der Waals surface area contributed by atoms with Crippen molar-refractivity contribution in [3.8, 4) is 0 Å². The standard InChI is InChI=1S/C12H10BrN3OS/c13-9-2-4-10(5-3-9)16-11(17)8-18-12-14-6-1-7-15-12/h1-7H,8H2,(H,16,17). The van der Waals surface area contributed by atoms with E-state index in [-0.39, 0.29) is 5.91 Å². The van der Waals surface area contributed by atoms with Crippen molar-refractivity contribution in [2.45, 2.75) is 5.16 Å². The van der Waals surface area contributed by atoms with Gasteiger partial charge in [-0.1, -0.05) is 27.7 Å². The van der Waals surface area contributed by atoms with Gasteiger partial charge in [-0.15, -0.1) is 0 Å². The molecule has 0 saturated carbocycles. The Morgan fingerprint density at radius 1 is 1.22 bits per heavy atom. The Morgan fingerprint density at radius 2 is 1.89 bits per heavy atom. The van der Waals surface area contributed by atoms with E-state index in [0.29, 0.717) is 10.9 Å². The van der Waals surface area contributed by atoms with Gasteiger partial charge in [-0.3, -0.25) is 4.79 Å². The van der Waals surface area contributed by atoms with E-state index in [9.17, 15) is 4.79 Å². The maximum atomic E-state index is 11.7. The number of carbonyl (C=O) groups excluding carboxylic acids is 1. The number of nitrogens with zero attached hydrogens (tertiary/aromatic N) is 2. The number of nitrogens with one attached hydrogen (secondary N) is 1. The molecule has 0 fully saturated rings. The number of thioether (sulfide) groups is 1. The highest BCUT2D eigenvalue weighted by atomic mass is 79.9. The lowest BCUT2D eigenvalue weighted by Gasteiger charge is -2.04. The van der Waals surface area contributed by atoms with Crippen molar-refractivity contribution in [2.24, 2.45) is 0 Å². The number of amides is 1. The van der Waals surface area contributed by atoms with E-state index in [1.54, 1.807) is 18.5 Å². The van der Waals surface area contributed by atoms with Crippen LogP contribution in [0, 0.1) is 0 Å². The molecule has 0 radical (unpaired) electrons. The molecular weight excluding hydrogens is 314 g/mol. The molecule has 0 atom stereocenters. The maximum absolute atomic E-state index is 11.7. The maximum Gasteiger partial charge on any atom is 0.234 e. The molecule has 1 heterocycles. The molecule has 2 rings (SSSR count). The predicted molar refractivity (Wildman–Crippen MR) is 75.5 cm³/mol. The SMILES string of the molecule is O=C(CSc1ncccn1)Nc1ccc(Br)cc1. The van der Waals surface area contributed by atoms with Crippen molar-refractivity contribution in [3.63, 3.8) is 0 Å². The highest BCUT2D eigenvalue weighted by molar-refractivity contribution is 9.10. The first-order chi connectivity index (χ1) is 8.74. The Morgan fingerprint density at radius 3 is 2.56 bits per heavy atom. The molecule has 4 nitrogen and oxygen atoms in total. The van der Waals surface area contributed by atoms with Crippen LogP contribution in [0.3, 0.4) is 0 Å². The van der Waals surface area contributed by atoms with Crippen LogP contribution < -0.4 is 5.32 Å². The van der Waals surface area contributed by atoms with E-state index < -0.39 is 0 Å². The van der Waals surface area contributed by atoms with Crippen LogP contribution >= 0.6 is 27.7 Å². The third kappa shape index (κ3) is 4.12. The van der Waals surface area contributed by atoms with Gasteiger partial charge in [0, 0.05) is 22.6 Å². The highest BCUT2D eigenvalue weighted by Gasteiger charge is 2.04. The van der Waals surface area contributed by atoms with Crippen molar-refractivity contribution < 1.29 is 4.79 Å². The monoisotopic (exact) mass is 323 g/mol. The Balaban J connectivity index is 1.84. The second kappa shape index (κ2) is 6.51. The van der Waals surface area contributed by atoms with Gasteiger partial charge in [0.05, 0.1) is 5.75 Å². The molecule has 2 aromatic rings. The Kier molecular flexibility index (Phi) is 4.72. The number of halogens is 1. The molecule has 1 aromatic heterocycles. The van der Waals surface area contributed by atoms with Gasteiger partial charge in [-0.25, -0.2) is 9.97 Å². The summed E-state index contributed by atoms with van der Waals surface area (Å²) in [6.07, 6.45) is 3.31. The van der Waals surface area contributed by atoms with Crippen LogP contribution in [0.25, 0.3) is 0 Å². The van der Waals surface area contributed by atoms with Gasteiger partial charge in [0.25, 0.3) is 0 Å². The lowest BCUT2D eigenvalue weighted by Crippen LogP contribution is -2.14. The molecule has 6 heteroatoms. The van der Waals surface area contributed by atoms with Crippen LogP contribution in [-0.4, -0.2) is 21.6 Å². The van der Waals surface area contributed by atoms with Crippen LogP contribution in [0.1, 0.15) is 0 Å². The molecule has 1 N–H and O–H groups in total. The molecule has 18 heavy (non-hydrogen) atoms. The topological polar surface area (TPSA) is 54.9 Å². The van der Waals surface area contributed by atoms with Gasteiger partial charge in [0.15, 0.2) is 5.16 Å². The quantitative estimate of drug-likeness (QED) is 0.694. The zero-order valence-electron chi connectivity index (χ0n) is 9.34. The normalized spacial score (nSPS) is 10.1. The minimum atomic E-state index is -0.0743. The summed E-state index contributed by atoms with van der Waals surface area (Å²) in [7, 11) is 0. The van der Waals surface area contributed by atoms with Crippen molar-refractivity contribution in [1.82, 2.24) is 9.97 Å². The second-order valence-corrected chi connectivity index (χ2v) is 5.23. The van der Waals surface area contributed by atoms with Gasteiger partial charge in [0.2, 0.25) is 5.91 Å². The molecule has 1 aromatic carbocycles. The summed E-state index contributed by atoms with van der Waals surface area (Å²) in [4.78, 5) is 19.7. The lowest BCUT2D eigenvalue weighted by molar-refractivity contribution is -0.113. The second-order valence-electron chi connectivity index (χ2n) is 3.38. The fourth-order valence-corrected chi connectivity index (χ4v) is 2.09. The number of benzene rings is 1. The van der Waals surface area contributed by atoms with Crippen molar-refractivity contribution in [2.75, 3.05) is 11.1 Å². The Hall–Kier alpha value is -1.40. The zero-order chi connectivity index (χ0) is 12.8. The van der Waals surface area contributed by atoms with E-state index in [1.807, 2.05) is 24.3 Å². The molecule has 0 aliphatic carbocycles. The zero-order valence-corrected chi connectivity index (χ0v) is 11.7. The average Bonchev–Trinajstić information content (AvgIpc) is 2.40. The third-order valence-corrected chi connectivity index (χ3v) is 3.41. The van der Waals surface area contributed by atoms with Crippen LogP contribution in [0.5, 0.6) is 0 Å². The van der Waals surface area contributed by atoms with E-state index >= 15 is 0 Å². The van der Waals surface area contributed by atoms with E-state index in [2.05, 4.69) is 31.2 Å². The summed E-state index contributed by atoms with van der Waals surface area (Å²) in [5.41, 5.74) is 0.776. The number of rotatable bonds is 4. The molecule has 0 bridgehead atoms. The van der Waals surface area contributed by atoms with E-state index in [4.69, 9.17) is 0 Å². The van der Waals surface area contributed by atoms with Gasteiger partial charge >= 0.3 is 0 Å². The minimum Gasteiger partial charge on any atom is -0.325 e. The predicted octanol–water partition coefficient (Wildman–Crippen LogP) is 2.97. The van der Waals surface area contributed by atoms with Crippen molar-refractivity contribution in [3.05, 3.63) is 47.2 Å². The fraction of sp³-hybridized carbons (Fsp3) is 0.0833. The molecule has 92 valence electrons. The van der Waals surface area contributed by atoms with E-state index in [0.717, 1.165) is 10.2 Å². The number of aromatic nitrogens is 2. The Labute approximate surface area is 117 Å². The summed E-state index contributed by atoms with van der Waals surface area (Å²) in [6.45, 7) is 0. The number of hydrogen-bond donors (Lipinski definition) is 1. The summed E-state index contributed by atoms with van der Waals surface area (Å²) in [6, 6.07) is 9.18. The smallest absolute Gasteiger partial charge is 0.234 e. The van der Waals surface area contributed by atoms with Crippen LogP contribution in [-0.2, 0) is 4.79 Å². The molecule has 0 saturated heterocycles. The number of anilines is 1. The molecule has 0 spiro atoms. The average molecular weight is 324 g/mol. The van der Waals surface area contributed by atoms with E-state index in [1.165, 1.54) is 11.8 Å². The van der Waals surface area contributed by atoms with Crippen molar-refractivity contribution >= 4 is 39.3 Å². The first kappa shape index (κ1) is 13.0. The molecular formula is C12H10BrN3OS. The fourth-order valence-electron chi connectivity index (χ4n) is 1.22. The summed E-state index contributed by atoms with van der Waals surface area (Å²) in [5, 5.41) is 3.40. The Bertz CT molecular complexity index is 519. The van der Waals surface area contributed by atoms with Crippen molar-refractivity contribution in [1.29, 1.82) is 0 Å². The first-order valence-electron chi connectivity index (χ1n) is 5.19. The minimum absolute atomic E-state index is 0.0743. The van der Waals surface area contributed by atoms with Gasteiger partial charge < -0.3 is 5.32 Å². The first-order valence-corrected chi connectivity index (χ1v) is 6.97. The third-order valence-electron chi connectivity index (χ3n) is 2.00. The summed E-state index contributed by atoms with van der Waals surface area (Å²) in [5.74, 6) is 0.217. The molecule has 0 aliphatic rings.